The molecule has 0 unspecified atom stereocenters. The van der Waals surface area contributed by atoms with Crippen LogP contribution in [0.5, 0.6) is 0 Å². The third-order valence-corrected chi connectivity index (χ3v) is 5.58. The molecule has 1 fully saturated rings. The Kier molecular flexibility index (Phi) is 3.24. The number of aliphatic hydroxyl groups is 1. The fraction of sp³-hybridized carbons (Fsp3) is 0.182. The van der Waals surface area contributed by atoms with Crippen LogP contribution in [-0.2, 0) is 5.60 Å². The molecule has 3 aromatic rings. The summed E-state index contributed by atoms with van der Waals surface area (Å²) in [6, 6.07) is 22.4. The number of hydrogen-bond acceptors (Lipinski definition) is 3. The molecule has 0 aliphatic carbocycles. The maximum absolute atomic E-state index is 13.2. The van der Waals surface area contributed by atoms with Crippen molar-refractivity contribution in [2.75, 3.05) is 0 Å². The molecule has 0 spiro atoms. The molecule has 2 aliphatic rings. The number of amides is 1. The van der Waals surface area contributed by atoms with Crippen LogP contribution < -0.4 is 0 Å². The maximum Gasteiger partial charge on any atom is 0.256 e. The van der Waals surface area contributed by atoms with Gasteiger partial charge in [-0.1, -0.05) is 60.7 Å². The van der Waals surface area contributed by atoms with Gasteiger partial charge in [-0.05, 0) is 23.3 Å². The minimum Gasteiger partial charge on any atom is -0.383 e. The van der Waals surface area contributed by atoms with E-state index in [0.717, 1.165) is 16.8 Å². The second-order valence-corrected chi connectivity index (χ2v) is 6.97. The van der Waals surface area contributed by atoms with Crippen LogP contribution in [0.3, 0.4) is 0 Å². The summed E-state index contributed by atoms with van der Waals surface area (Å²) in [5.74, 6) is -0.0567. The van der Waals surface area contributed by atoms with Crippen LogP contribution in [0.4, 0.5) is 0 Å². The Balaban J connectivity index is 1.71. The number of nitrogens with zero attached hydrogens (tertiary/aromatic N) is 2. The molecule has 4 heteroatoms. The molecule has 1 saturated heterocycles. The first-order chi connectivity index (χ1) is 12.7. The summed E-state index contributed by atoms with van der Waals surface area (Å²) in [4.78, 5) is 19.4. The van der Waals surface area contributed by atoms with Crippen molar-refractivity contribution < 1.29 is 9.90 Å². The first-order valence-electron chi connectivity index (χ1n) is 8.80. The van der Waals surface area contributed by atoms with Gasteiger partial charge in [-0.3, -0.25) is 9.78 Å². The van der Waals surface area contributed by atoms with E-state index in [2.05, 4.69) is 4.98 Å². The van der Waals surface area contributed by atoms with Gasteiger partial charge in [0.05, 0.1) is 23.3 Å². The predicted octanol–water partition coefficient (Wildman–Crippen LogP) is 3.61. The van der Waals surface area contributed by atoms with Gasteiger partial charge < -0.3 is 10.0 Å². The summed E-state index contributed by atoms with van der Waals surface area (Å²) in [5.41, 5.74) is 2.02. The molecular weight excluding hydrogens is 324 g/mol. The van der Waals surface area contributed by atoms with Crippen molar-refractivity contribution in [3.63, 3.8) is 0 Å². The Morgan fingerprint density at radius 3 is 2.38 bits per heavy atom. The standard InChI is InChI=1S/C22H18N2O2/c25-21-17-12-7-13-23-19(17)18-14-22(26,16-10-5-2-6-11-16)20(24(18)21)15-8-3-1-4-9-15/h1-13,18,20,26H,14H2/t18-,20+,22-/m1/s1. The summed E-state index contributed by atoms with van der Waals surface area (Å²) in [7, 11) is 0. The highest BCUT2D eigenvalue weighted by Gasteiger charge is 2.58. The van der Waals surface area contributed by atoms with Crippen molar-refractivity contribution in [1.82, 2.24) is 9.88 Å². The van der Waals surface area contributed by atoms with Gasteiger partial charge in [0, 0.05) is 12.6 Å². The molecule has 1 N–H and O–H groups in total. The van der Waals surface area contributed by atoms with Gasteiger partial charge >= 0.3 is 0 Å². The summed E-state index contributed by atoms with van der Waals surface area (Å²) in [6.07, 6.45) is 2.15. The Morgan fingerprint density at radius 1 is 0.962 bits per heavy atom. The van der Waals surface area contributed by atoms with E-state index in [0.29, 0.717) is 12.0 Å². The first kappa shape index (κ1) is 15.3. The van der Waals surface area contributed by atoms with E-state index in [4.69, 9.17) is 0 Å². The van der Waals surface area contributed by atoms with Crippen LogP contribution in [-0.4, -0.2) is 20.9 Å². The summed E-state index contributed by atoms with van der Waals surface area (Å²) >= 11 is 0. The second kappa shape index (κ2) is 5.51. The lowest BCUT2D eigenvalue weighted by molar-refractivity contribution is -0.000682. The molecule has 3 heterocycles. The van der Waals surface area contributed by atoms with Crippen LogP contribution in [0.2, 0.25) is 0 Å². The fourth-order valence-electron chi connectivity index (χ4n) is 4.48. The van der Waals surface area contributed by atoms with Crippen LogP contribution in [0.15, 0.2) is 79.0 Å². The van der Waals surface area contributed by atoms with Crippen LogP contribution in [0.25, 0.3) is 0 Å². The van der Waals surface area contributed by atoms with E-state index in [1.165, 1.54) is 0 Å². The third-order valence-electron chi connectivity index (χ3n) is 5.58. The number of benzene rings is 2. The highest BCUT2D eigenvalue weighted by atomic mass is 16.3. The average Bonchev–Trinajstić information content (AvgIpc) is 3.16. The zero-order valence-electron chi connectivity index (χ0n) is 14.1. The first-order valence-corrected chi connectivity index (χ1v) is 8.80. The number of fused-ring (bicyclic) bond motifs is 3. The Bertz CT molecular complexity index is 974. The summed E-state index contributed by atoms with van der Waals surface area (Å²) < 4.78 is 0. The highest BCUT2D eigenvalue weighted by molar-refractivity contribution is 5.99. The van der Waals surface area contributed by atoms with E-state index in [-0.39, 0.29) is 11.9 Å². The molecule has 26 heavy (non-hydrogen) atoms. The normalized spacial score (nSPS) is 26.7. The molecule has 0 radical (unpaired) electrons. The van der Waals surface area contributed by atoms with Gasteiger partial charge in [0.2, 0.25) is 0 Å². The number of hydrogen-bond donors (Lipinski definition) is 1. The smallest absolute Gasteiger partial charge is 0.256 e. The van der Waals surface area contributed by atoms with E-state index >= 15 is 0 Å². The molecule has 1 aromatic heterocycles. The van der Waals surface area contributed by atoms with Crippen LogP contribution >= 0.6 is 0 Å². The van der Waals surface area contributed by atoms with Crippen molar-refractivity contribution in [2.24, 2.45) is 0 Å². The molecular formula is C22H18N2O2. The zero-order chi connectivity index (χ0) is 17.7. The lowest BCUT2D eigenvalue weighted by atomic mass is 9.81. The Hall–Kier alpha value is -2.98. The maximum atomic E-state index is 13.2. The van der Waals surface area contributed by atoms with Crippen molar-refractivity contribution in [3.05, 3.63) is 101 Å². The quantitative estimate of drug-likeness (QED) is 0.774. The zero-order valence-corrected chi connectivity index (χ0v) is 14.1. The largest absolute Gasteiger partial charge is 0.383 e. The lowest BCUT2D eigenvalue weighted by Gasteiger charge is -2.34. The molecule has 4 nitrogen and oxygen atoms in total. The molecule has 1 amide bonds. The third kappa shape index (κ3) is 1.99. The van der Waals surface area contributed by atoms with Crippen LogP contribution in [0, 0.1) is 0 Å². The molecule has 0 saturated carbocycles. The van der Waals surface area contributed by atoms with Crippen molar-refractivity contribution >= 4 is 5.91 Å². The number of carbonyl (C=O) groups is 1. The van der Waals surface area contributed by atoms with Gasteiger partial charge in [0.25, 0.3) is 5.91 Å². The molecule has 2 aliphatic heterocycles. The van der Waals surface area contributed by atoms with Crippen LogP contribution in [0.1, 0.15) is 45.7 Å². The average molecular weight is 342 g/mol. The second-order valence-electron chi connectivity index (χ2n) is 6.97. The minimum absolute atomic E-state index is 0.0567. The predicted molar refractivity (Wildman–Crippen MR) is 97.3 cm³/mol. The highest BCUT2D eigenvalue weighted by Crippen LogP contribution is 2.58. The fourth-order valence-corrected chi connectivity index (χ4v) is 4.48. The van der Waals surface area contributed by atoms with E-state index in [1.807, 2.05) is 71.6 Å². The van der Waals surface area contributed by atoms with Gasteiger partial charge in [0.15, 0.2) is 0 Å². The molecule has 2 aromatic carbocycles. The van der Waals surface area contributed by atoms with Gasteiger partial charge in [-0.2, -0.15) is 0 Å². The molecule has 3 atom stereocenters. The van der Waals surface area contributed by atoms with Crippen molar-refractivity contribution in [1.29, 1.82) is 0 Å². The molecule has 5 rings (SSSR count). The van der Waals surface area contributed by atoms with Gasteiger partial charge in [-0.15, -0.1) is 0 Å². The topological polar surface area (TPSA) is 53.4 Å². The molecule has 0 bridgehead atoms. The lowest BCUT2D eigenvalue weighted by Crippen LogP contribution is -2.37. The SMILES string of the molecule is O=C1c2cccnc2[C@H]2C[C@@](O)(c3ccccc3)[C@H](c3ccccc3)N12. The number of aromatic nitrogens is 1. The van der Waals surface area contributed by atoms with Crippen molar-refractivity contribution in [3.8, 4) is 0 Å². The summed E-state index contributed by atoms with van der Waals surface area (Å²) in [5, 5.41) is 11.8. The van der Waals surface area contributed by atoms with Crippen molar-refractivity contribution in [2.45, 2.75) is 24.1 Å². The summed E-state index contributed by atoms with van der Waals surface area (Å²) in [6.45, 7) is 0. The van der Waals surface area contributed by atoms with E-state index in [9.17, 15) is 9.90 Å². The Morgan fingerprint density at radius 2 is 1.65 bits per heavy atom. The monoisotopic (exact) mass is 342 g/mol. The van der Waals surface area contributed by atoms with Gasteiger partial charge in [-0.25, -0.2) is 0 Å². The number of pyridine rings is 1. The van der Waals surface area contributed by atoms with E-state index in [1.54, 1.807) is 12.3 Å². The number of rotatable bonds is 2. The molecule has 128 valence electrons. The van der Waals surface area contributed by atoms with E-state index < -0.39 is 11.6 Å². The minimum atomic E-state index is -1.15. The number of carbonyl (C=O) groups excluding carboxylic acids is 1. The van der Waals surface area contributed by atoms with Gasteiger partial charge in [0.1, 0.15) is 5.60 Å². The Labute approximate surface area is 151 Å².